The van der Waals surface area contributed by atoms with E-state index in [1.165, 1.54) is 0 Å². The topological polar surface area (TPSA) is 76.2 Å². The Morgan fingerprint density at radius 1 is 1.29 bits per heavy atom. The van der Waals surface area contributed by atoms with Crippen LogP contribution in [0.5, 0.6) is 0 Å². The molecule has 2 aromatic heterocycles. The highest BCUT2D eigenvalue weighted by Crippen LogP contribution is 2.28. The van der Waals surface area contributed by atoms with Crippen LogP contribution < -0.4 is 5.32 Å². The molecule has 0 radical (unpaired) electrons. The van der Waals surface area contributed by atoms with Gasteiger partial charge in [-0.25, -0.2) is 4.98 Å². The van der Waals surface area contributed by atoms with Crippen LogP contribution in [0.1, 0.15) is 21.8 Å². The van der Waals surface area contributed by atoms with Crippen molar-refractivity contribution in [1.82, 2.24) is 19.6 Å². The molecular formula is C17H17N5O2. The van der Waals surface area contributed by atoms with Crippen LogP contribution in [0.3, 0.4) is 0 Å². The van der Waals surface area contributed by atoms with Crippen molar-refractivity contribution < 1.29 is 9.32 Å². The van der Waals surface area contributed by atoms with Crippen molar-refractivity contribution in [3.63, 3.8) is 0 Å². The number of para-hydroxylation sites is 1. The highest BCUT2D eigenvalue weighted by atomic mass is 16.5. The quantitative estimate of drug-likeness (QED) is 0.801. The molecule has 3 aromatic rings. The molecule has 0 saturated carbocycles. The molecule has 122 valence electrons. The Balaban J connectivity index is 1.56. The van der Waals surface area contributed by atoms with Crippen molar-refractivity contribution in [3.05, 3.63) is 59.9 Å². The van der Waals surface area contributed by atoms with Gasteiger partial charge in [0.1, 0.15) is 11.5 Å². The van der Waals surface area contributed by atoms with Crippen LogP contribution in [-0.4, -0.2) is 32.1 Å². The van der Waals surface area contributed by atoms with Gasteiger partial charge in [0, 0.05) is 31.9 Å². The Morgan fingerprint density at radius 3 is 2.88 bits per heavy atom. The smallest absolute Gasteiger partial charge is 0.274 e. The van der Waals surface area contributed by atoms with Gasteiger partial charge in [0.05, 0.1) is 18.4 Å². The molecule has 7 heteroatoms. The van der Waals surface area contributed by atoms with E-state index in [2.05, 4.69) is 15.5 Å². The average molecular weight is 323 g/mol. The largest absolute Gasteiger partial charge is 0.359 e. The van der Waals surface area contributed by atoms with Crippen LogP contribution >= 0.6 is 0 Å². The molecule has 1 aliphatic rings. The van der Waals surface area contributed by atoms with Crippen LogP contribution in [0.4, 0.5) is 11.5 Å². The Hall–Kier alpha value is -3.09. The van der Waals surface area contributed by atoms with Crippen LogP contribution in [0, 0.1) is 0 Å². The van der Waals surface area contributed by atoms with E-state index >= 15 is 0 Å². The van der Waals surface area contributed by atoms with Gasteiger partial charge in [-0.2, -0.15) is 0 Å². The van der Waals surface area contributed by atoms with E-state index in [1.807, 2.05) is 37.4 Å². The van der Waals surface area contributed by atoms with E-state index in [-0.39, 0.29) is 5.91 Å². The fourth-order valence-electron chi connectivity index (χ4n) is 2.82. The van der Waals surface area contributed by atoms with E-state index in [0.29, 0.717) is 31.0 Å². The number of rotatable bonds is 3. The second-order valence-corrected chi connectivity index (χ2v) is 5.83. The van der Waals surface area contributed by atoms with Gasteiger partial charge in [0.2, 0.25) is 0 Å². The number of nitrogens with one attached hydrogen (secondary N) is 1. The Morgan fingerprint density at radius 2 is 2.12 bits per heavy atom. The second-order valence-electron chi connectivity index (χ2n) is 5.83. The van der Waals surface area contributed by atoms with Crippen molar-refractivity contribution in [1.29, 1.82) is 0 Å². The maximum Gasteiger partial charge on any atom is 0.274 e. The van der Waals surface area contributed by atoms with E-state index < -0.39 is 0 Å². The molecule has 1 amide bonds. The number of carbonyl (C=O) groups excluding carboxylic acids is 1. The van der Waals surface area contributed by atoms with Crippen molar-refractivity contribution in [2.75, 3.05) is 11.9 Å². The van der Waals surface area contributed by atoms with Gasteiger partial charge in [0.15, 0.2) is 5.82 Å². The van der Waals surface area contributed by atoms with Crippen LogP contribution in [0.15, 0.2) is 47.4 Å². The summed E-state index contributed by atoms with van der Waals surface area (Å²) in [6.07, 6.45) is 4.01. The Kier molecular flexibility index (Phi) is 3.53. The van der Waals surface area contributed by atoms with Gasteiger partial charge in [0.25, 0.3) is 5.91 Å². The molecule has 0 saturated heterocycles. The minimum atomic E-state index is -0.0758. The first-order valence-electron chi connectivity index (χ1n) is 7.77. The van der Waals surface area contributed by atoms with Crippen LogP contribution in [0.2, 0.25) is 0 Å². The third-order valence-corrected chi connectivity index (χ3v) is 4.08. The van der Waals surface area contributed by atoms with Crippen LogP contribution in [0.25, 0.3) is 0 Å². The fraction of sp³-hybridized carbons (Fsp3) is 0.235. The molecule has 0 spiro atoms. The average Bonchev–Trinajstić information content (AvgIpc) is 3.21. The first kappa shape index (κ1) is 14.5. The van der Waals surface area contributed by atoms with Crippen LogP contribution in [-0.2, 0) is 20.0 Å². The molecule has 0 atom stereocenters. The molecule has 24 heavy (non-hydrogen) atoms. The summed E-state index contributed by atoms with van der Waals surface area (Å²) in [5.74, 6) is 1.42. The van der Waals surface area contributed by atoms with Gasteiger partial charge in [-0.05, 0) is 12.1 Å². The first-order valence-corrected chi connectivity index (χ1v) is 7.77. The van der Waals surface area contributed by atoms with E-state index in [4.69, 9.17) is 4.52 Å². The lowest BCUT2D eigenvalue weighted by Crippen LogP contribution is -2.35. The van der Waals surface area contributed by atoms with Gasteiger partial charge in [-0.1, -0.05) is 23.4 Å². The predicted octanol–water partition coefficient (Wildman–Crippen LogP) is 2.35. The summed E-state index contributed by atoms with van der Waals surface area (Å²) in [7, 11) is 1.85. The summed E-state index contributed by atoms with van der Waals surface area (Å²) in [6.45, 7) is 1.06. The van der Waals surface area contributed by atoms with Crippen molar-refractivity contribution in [2.24, 2.45) is 7.05 Å². The second kappa shape index (κ2) is 5.84. The number of benzene rings is 1. The van der Waals surface area contributed by atoms with E-state index in [9.17, 15) is 4.79 Å². The fourth-order valence-corrected chi connectivity index (χ4v) is 2.82. The van der Waals surface area contributed by atoms with Gasteiger partial charge in [-0.15, -0.1) is 0 Å². The number of anilines is 2. The third-order valence-electron chi connectivity index (χ3n) is 4.08. The molecule has 0 unspecified atom stereocenters. The zero-order chi connectivity index (χ0) is 16.5. The number of hydrogen-bond acceptors (Lipinski definition) is 5. The predicted molar refractivity (Wildman–Crippen MR) is 87.9 cm³/mol. The zero-order valence-corrected chi connectivity index (χ0v) is 13.3. The molecule has 1 aliphatic heterocycles. The van der Waals surface area contributed by atoms with E-state index in [1.54, 1.807) is 22.0 Å². The summed E-state index contributed by atoms with van der Waals surface area (Å²) in [4.78, 5) is 18.5. The number of fused-ring (bicyclic) bond motifs is 1. The zero-order valence-electron chi connectivity index (χ0n) is 13.3. The summed E-state index contributed by atoms with van der Waals surface area (Å²) in [5.41, 5.74) is 2.31. The molecule has 4 rings (SSSR count). The third kappa shape index (κ3) is 2.64. The lowest BCUT2D eigenvalue weighted by molar-refractivity contribution is 0.0723. The standard InChI is InChI=1S/C17H17N5O2/c1-21-10-14(18-11-21)17(23)22-8-7-15-13(9-22)16(20-24-15)19-12-5-3-2-4-6-12/h2-6,10-11H,7-9H2,1H3,(H,19,20). The minimum absolute atomic E-state index is 0.0758. The summed E-state index contributed by atoms with van der Waals surface area (Å²) in [6, 6.07) is 9.77. The molecular weight excluding hydrogens is 306 g/mol. The van der Waals surface area contributed by atoms with Gasteiger partial charge < -0.3 is 19.3 Å². The number of aryl methyl sites for hydroxylation is 1. The van der Waals surface area contributed by atoms with Gasteiger partial charge in [-0.3, -0.25) is 4.79 Å². The molecule has 1 aromatic carbocycles. The number of hydrogen-bond donors (Lipinski definition) is 1. The number of aromatic nitrogens is 3. The van der Waals surface area contributed by atoms with Crippen molar-refractivity contribution in [2.45, 2.75) is 13.0 Å². The Bertz CT molecular complexity index is 868. The monoisotopic (exact) mass is 323 g/mol. The lowest BCUT2D eigenvalue weighted by atomic mass is 10.1. The lowest BCUT2D eigenvalue weighted by Gasteiger charge is -2.25. The first-order chi connectivity index (χ1) is 11.7. The van der Waals surface area contributed by atoms with Gasteiger partial charge >= 0.3 is 0 Å². The maximum absolute atomic E-state index is 12.6. The number of nitrogens with zero attached hydrogens (tertiary/aromatic N) is 4. The highest BCUT2D eigenvalue weighted by Gasteiger charge is 2.28. The molecule has 1 N–H and O–H groups in total. The molecule has 3 heterocycles. The maximum atomic E-state index is 12.6. The SMILES string of the molecule is Cn1cnc(C(=O)N2CCc3onc(Nc4ccccc4)c3C2)c1. The summed E-state index contributed by atoms with van der Waals surface area (Å²) < 4.78 is 7.20. The number of imidazole rings is 1. The molecule has 0 fully saturated rings. The van der Waals surface area contributed by atoms with Crippen molar-refractivity contribution >= 4 is 17.4 Å². The van der Waals surface area contributed by atoms with Crippen molar-refractivity contribution in [3.8, 4) is 0 Å². The summed E-state index contributed by atoms with van der Waals surface area (Å²) in [5, 5.41) is 7.37. The number of carbonyl (C=O) groups is 1. The molecule has 0 bridgehead atoms. The van der Waals surface area contributed by atoms with E-state index in [0.717, 1.165) is 17.0 Å². The molecule has 0 aliphatic carbocycles. The Labute approximate surface area is 138 Å². The minimum Gasteiger partial charge on any atom is -0.359 e. The number of amides is 1. The highest BCUT2D eigenvalue weighted by molar-refractivity contribution is 5.92. The molecule has 7 nitrogen and oxygen atoms in total. The normalized spacial score (nSPS) is 13.6. The summed E-state index contributed by atoms with van der Waals surface area (Å²) >= 11 is 0.